The summed E-state index contributed by atoms with van der Waals surface area (Å²) in [4.78, 5) is 22.4. The molecule has 8 heteroatoms. The molecule has 8 nitrogen and oxygen atoms in total. The molecule has 142 valence electrons. The second kappa shape index (κ2) is 7.50. The number of nitrogens with one attached hydrogen (secondary N) is 2. The third kappa shape index (κ3) is 4.17. The first-order chi connectivity index (χ1) is 13.1. The van der Waals surface area contributed by atoms with Crippen molar-refractivity contribution >= 4 is 29.0 Å². The molecule has 2 saturated heterocycles. The number of benzene rings is 1. The number of aromatic nitrogens is 2. The quantitative estimate of drug-likeness (QED) is 0.856. The molecule has 1 spiro atoms. The molecule has 1 aromatic carbocycles. The maximum Gasteiger partial charge on any atom is 0.227 e. The average molecular weight is 369 g/mol. The van der Waals surface area contributed by atoms with Crippen LogP contribution in [-0.4, -0.2) is 48.0 Å². The maximum atomic E-state index is 11.2. The van der Waals surface area contributed by atoms with Gasteiger partial charge < -0.3 is 25.0 Å². The third-order valence-corrected chi connectivity index (χ3v) is 4.72. The van der Waals surface area contributed by atoms with Gasteiger partial charge in [0.2, 0.25) is 11.9 Å². The van der Waals surface area contributed by atoms with Gasteiger partial charge in [0.1, 0.15) is 5.82 Å². The predicted octanol–water partition coefficient (Wildman–Crippen LogP) is 2.52. The molecule has 0 aliphatic carbocycles. The number of piperidine rings is 1. The van der Waals surface area contributed by atoms with Gasteiger partial charge in [-0.05, 0) is 24.3 Å². The molecule has 3 heterocycles. The van der Waals surface area contributed by atoms with Gasteiger partial charge in [-0.15, -0.1) is 0 Å². The highest BCUT2D eigenvalue weighted by molar-refractivity contribution is 5.89. The predicted molar refractivity (Wildman–Crippen MR) is 102 cm³/mol. The number of nitrogens with zero attached hydrogens (tertiary/aromatic N) is 3. The number of rotatable bonds is 4. The molecule has 0 radical (unpaired) electrons. The summed E-state index contributed by atoms with van der Waals surface area (Å²) in [7, 11) is 0. The van der Waals surface area contributed by atoms with Gasteiger partial charge >= 0.3 is 0 Å². The lowest BCUT2D eigenvalue weighted by molar-refractivity contribution is -0.169. The maximum absolute atomic E-state index is 11.2. The summed E-state index contributed by atoms with van der Waals surface area (Å²) in [5.74, 6) is 0.880. The van der Waals surface area contributed by atoms with Gasteiger partial charge in [-0.3, -0.25) is 4.79 Å². The largest absolute Gasteiger partial charge is 0.347 e. The van der Waals surface area contributed by atoms with E-state index in [1.807, 2.05) is 30.3 Å². The van der Waals surface area contributed by atoms with Gasteiger partial charge in [0.25, 0.3) is 0 Å². The summed E-state index contributed by atoms with van der Waals surface area (Å²) in [6.07, 6.45) is 3.37. The van der Waals surface area contributed by atoms with Crippen molar-refractivity contribution in [1.29, 1.82) is 0 Å². The van der Waals surface area contributed by atoms with Crippen LogP contribution in [0, 0.1) is 0 Å². The molecule has 0 bridgehead atoms. The highest BCUT2D eigenvalue weighted by Crippen LogP contribution is 2.32. The summed E-state index contributed by atoms with van der Waals surface area (Å²) < 4.78 is 11.5. The summed E-state index contributed by atoms with van der Waals surface area (Å²) >= 11 is 0. The fourth-order valence-electron chi connectivity index (χ4n) is 3.43. The molecule has 4 rings (SSSR count). The van der Waals surface area contributed by atoms with Crippen molar-refractivity contribution in [2.24, 2.45) is 0 Å². The minimum Gasteiger partial charge on any atom is -0.347 e. The number of hydrogen-bond acceptors (Lipinski definition) is 7. The second-order valence-corrected chi connectivity index (χ2v) is 6.72. The van der Waals surface area contributed by atoms with E-state index in [2.05, 4.69) is 25.5 Å². The van der Waals surface area contributed by atoms with Gasteiger partial charge in [-0.2, -0.15) is 4.98 Å². The molecular formula is C19H23N5O3. The van der Waals surface area contributed by atoms with Crippen molar-refractivity contribution in [3.05, 3.63) is 36.5 Å². The fourth-order valence-corrected chi connectivity index (χ4v) is 3.43. The molecular weight excluding hydrogens is 346 g/mol. The van der Waals surface area contributed by atoms with Gasteiger partial charge in [0.05, 0.1) is 13.2 Å². The van der Waals surface area contributed by atoms with E-state index in [1.165, 1.54) is 6.92 Å². The SMILES string of the molecule is CC(=O)Nc1cccc(Nc2ccnc(N3CCC4(CC3)OCCO4)n2)c1. The first-order valence-corrected chi connectivity index (χ1v) is 9.13. The summed E-state index contributed by atoms with van der Waals surface area (Å²) in [5.41, 5.74) is 1.58. The summed E-state index contributed by atoms with van der Waals surface area (Å²) in [5, 5.41) is 6.04. The van der Waals surface area contributed by atoms with Crippen LogP contribution < -0.4 is 15.5 Å². The van der Waals surface area contributed by atoms with Crippen LogP contribution in [0.2, 0.25) is 0 Å². The van der Waals surface area contributed by atoms with Crippen LogP contribution >= 0.6 is 0 Å². The number of carbonyl (C=O) groups is 1. The molecule has 2 aromatic rings. The van der Waals surface area contributed by atoms with Gasteiger partial charge in [0, 0.05) is 50.4 Å². The van der Waals surface area contributed by atoms with Crippen LogP contribution in [0.25, 0.3) is 0 Å². The average Bonchev–Trinajstić information content (AvgIpc) is 3.10. The normalized spacial score (nSPS) is 18.5. The van der Waals surface area contributed by atoms with Crippen molar-refractivity contribution < 1.29 is 14.3 Å². The highest BCUT2D eigenvalue weighted by Gasteiger charge is 2.40. The van der Waals surface area contributed by atoms with Gasteiger partial charge in [-0.1, -0.05) is 6.07 Å². The van der Waals surface area contributed by atoms with E-state index in [1.54, 1.807) is 6.20 Å². The van der Waals surface area contributed by atoms with Crippen molar-refractivity contribution in [3.63, 3.8) is 0 Å². The Bertz CT molecular complexity index is 812. The second-order valence-electron chi connectivity index (χ2n) is 6.72. The van der Waals surface area contributed by atoms with Crippen LogP contribution in [0.5, 0.6) is 0 Å². The van der Waals surface area contributed by atoms with E-state index in [0.717, 1.165) is 37.3 Å². The fraction of sp³-hybridized carbons (Fsp3) is 0.421. The third-order valence-electron chi connectivity index (χ3n) is 4.72. The summed E-state index contributed by atoms with van der Waals surface area (Å²) in [6.45, 7) is 4.42. The lowest BCUT2D eigenvalue weighted by atomic mass is 10.0. The Kier molecular flexibility index (Phi) is 4.91. The van der Waals surface area contributed by atoms with E-state index in [9.17, 15) is 4.79 Å². The first kappa shape index (κ1) is 17.7. The zero-order chi connectivity index (χ0) is 18.7. The topological polar surface area (TPSA) is 88.6 Å². The van der Waals surface area contributed by atoms with Crippen LogP contribution in [0.3, 0.4) is 0 Å². The van der Waals surface area contributed by atoms with Crippen LogP contribution in [0.1, 0.15) is 19.8 Å². The van der Waals surface area contributed by atoms with E-state index >= 15 is 0 Å². The molecule has 1 amide bonds. The van der Waals surface area contributed by atoms with Crippen molar-refractivity contribution in [1.82, 2.24) is 9.97 Å². The van der Waals surface area contributed by atoms with Crippen LogP contribution in [-0.2, 0) is 14.3 Å². The van der Waals surface area contributed by atoms with Crippen molar-refractivity contribution in [2.75, 3.05) is 41.8 Å². The van der Waals surface area contributed by atoms with Crippen LogP contribution in [0.15, 0.2) is 36.5 Å². The van der Waals surface area contributed by atoms with Crippen LogP contribution in [0.4, 0.5) is 23.1 Å². The van der Waals surface area contributed by atoms with Gasteiger partial charge in [-0.25, -0.2) is 4.98 Å². The Morgan fingerprint density at radius 2 is 1.89 bits per heavy atom. The molecule has 0 saturated carbocycles. The van der Waals surface area contributed by atoms with Gasteiger partial charge in [0.15, 0.2) is 5.79 Å². The zero-order valence-corrected chi connectivity index (χ0v) is 15.3. The van der Waals surface area contributed by atoms with E-state index < -0.39 is 5.79 Å². The summed E-state index contributed by atoms with van der Waals surface area (Å²) in [6, 6.07) is 9.33. The first-order valence-electron chi connectivity index (χ1n) is 9.13. The monoisotopic (exact) mass is 369 g/mol. The molecule has 1 aromatic heterocycles. The van der Waals surface area contributed by atoms with E-state index in [4.69, 9.17) is 9.47 Å². The van der Waals surface area contributed by atoms with E-state index in [-0.39, 0.29) is 5.91 Å². The van der Waals surface area contributed by atoms with Crippen molar-refractivity contribution in [3.8, 4) is 0 Å². The smallest absolute Gasteiger partial charge is 0.227 e. The number of anilines is 4. The Morgan fingerprint density at radius 1 is 1.15 bits per heavy atom. The molecule has 2 aliphatic rings. The lowest BCUT2D eigenvalue weighted by Gasteiger charge is -2.37. The zero-order valence-electron chi connectivity index (χ0n) is 15.3. The molecule has 2 aliphatic heterocycles. The molecule has 0 unspecified atom stereocenters. The highest BCUT2D eigenvalue weighted by atomic mass is 16.7. The van der Waals surface area contributed by atoms with E-state index in [0.29, 0.717) is 25.0 Å². The molecule has 2 N–H and O–H groups in total. The molecule has 27 heavy (non-hydrogen) atoms. The number of amides is 1. The minimum absolute atomic E-state index is 0.102. The Labute approximate surface area is 157 Å². The standard InChI is InChI=1S/C19H23N5O3/c1-14(25)21-15-3-2-4-16(13-15)22-17-5-8-20-18(23-17)24-9-6-19(7-10-24)26-11-12-27-19/h2-5,8,13H,6-7,9-12H2,1H3,(H,21,25)(H,20,22,23). The van der Waals surface area contributed by atoms with Crippen molar-refractivity contribution in [2.45, 2.75) is 25.6 Å². The number of hydrogen-bond donors (Lipinski definition) is 2. The Morgan fingerprint density at radius 3 is 2.63 bits per heavy atom. The molecule has 2 fully saturated rings. The minimum atomic E-state index is -0.406. The molecule has 0 atom stereocenters. The number of ether oxygens (including phenoxy) is 2. The lowest BCUT2D eigenvalue weighted by Crippen LogP contribution is -2.45. The Balaban J connectivity index is 1.43. The Hall–Kier alpha value is -2.71. The number of carbonyl (C=O) groups excluding carboxylic acids is 1.